The maximum absolute atomic E-state index is 10.6. The summed E-state index contributed by atoms with van der Waals surface area (Å²) in [5.41, 5.74) is 2.08. The van der Waals surface area contributed by atoms with Gasteiger partial charge in [0.25, 0.3) is 0 Å². The van der Waals surface area contributed by atoms with Crippen LogP contribution in [-0.4, -0.2) is 21.0 Å². The molecule has 0 aliphatic heterocycles. The number of nitrogens with one attached hydrogen (secondary N) is 1. The van der Waals surface area contributed by atoms with Gasteiger partial charge in [-0.3, -0.25) is 4.79 Å². The van der Waals surface area contributed by atoms with Crippen LogP contribution < -0.4 is 0 Å². The summed E-state index contributed by atoms with van der Waals surface area (Å²) in [6.07, 6.45) is 1.32. The normalized spacial score (nSPS) is 10.1. The Morgan fingerprint density at radius 2 is 2.40 bits per heavy atom. The van der Waals surface area contributed by atoms with E-state index >= 15 is 0 Å². The highest BCUT2D eigenvalue weighted by Gasteiger charge is 2.11. The maximum atomic E-state index is 10.6. The minimum atomic E-state index is -0.957. The first-order valence-electron chi connectivity index (χ1n) is 4.29. The van der Waals surface area contributed by atoms with Crippen molar-refractivity contribution >= 4 is 17.0 Å². The summed E-state index contributed by atoms with van der Waals surface area (Å²) < 4.78 is 0. The van der Waals surface area contributed by atoms with Crippen molar-refractivity contribution in [1.82, 2.24) is 9.97 Å². The monoisotopic (exact) mass is 201 g/mol. The lowest BCUT2D eigenvalue weighted by atomic mass is 10.0. The van der Waals surface area contributed by atoms with E-state index in [0.29, 0.717) is 16.6 Å². The topological polar surface area (TPSA) is 89.8 Å². The van der Waals surface area contributed by atoms with Crippen molar-refractivity contribution in [2.75, 3.05) is 0 Å². The number of fused-ring (bicyclic) bond motifs is 1. The molecule has 2 N–H and O–H groups in total. The van der Waals surface area contributed by atoms with Gasteiger partial charge < -0.3 is 10.1 Å². The number of carboxylic acid groups (broad SMARTS) is 1. The molecule has 1 heterocycles. The van der Waals surface area contributed by atoms with E-state index in [2.05, 4.69) is 9.97 Å². The van der Waals surface area contributed by atoms with Gasteiger partial charge in [-0.2, -0.15) is 5.26 Å². The number of H-pyrrole nitrogens is 1. The summed E-state index contributed by atoms with van der Waals surface area (Å²) in [6.45, 7) is 0. The minimum absolute atomic E-state index is 0.161. The number of aromatic amines is 1. The molecule has 0 spiro atoms. The molecule has 2 rings (SSSR count). The quantitative estimate of drug-likeness (QED) is 0.760. The van der Waals surface area contributed by atoms with Gasteiger partial charge in [0.2, 0.25) is 0 Å². The highest BCUT2D eigenvalue weighted by atomic mass is 16.4. The van der Waals surface area contributed by atoms with E-state index in [1.807, 2.05) is 6.07 Å². The number of carboxylic acids is 1. The van der Waals surface area contributed by atoms with E-state index in [0.717, 1.165) is 5.52 Å². The Balaban J connectivity index is 2.65. The zero-order valence-corrected chi connectivity index (χ0v) is 7.69. The molecule has 0 radical (unpaired) electrons. The van der Waals surface area contributed by atoms with E-state index in [4.69, 9.17) is 10.4 Å². The molecule has 5 nitrogen and oxygen atoms in total. The number of benzene rings is 1. The molecule has 0 atom stereocenters. The van der Waals surface area contributed by atoms with Gasteiger partial charge in [0.15, 0.2) is 0 Å². The van der Waals surface area contributed by atoms with Gasteiger partial charge in [0.05, 0.1) is 23.8 Å². The molecule has 1 aromatic heterocycles. The van der Waals surface area contributed by atoms with Crippen LogP contribution in [0.5, 0.6) is 0 Å². The van der Waals surface area contributed by atoms with Gasteiger partial charge in [-0.05, 0) is 11.6 Å². The summed E-state index contributed by atoms with van der Waals surface area (Å²) in [5, 5.41) is 17.6. The SMILES string of the molecule is N#Cc1c(CC(=O)O)ccc2[nH]cnc12. The Bertz CT molecular complexity index is 566. The van der Waals surface area contributed by atoms with Crippen molar-refractivity contribution in [3.63, 3.8) is 0 Å². The number of rotatable bonds is 2. The minimum Gasteiger partial charge on any atom is -0.481 e. The Morgan fingerprint density at radius 3 is 3.07 bits per heavy atom. The van der Waals surface area contributed by atoms with Crippen molar-refractivity contribution in [2.24, 2.45) is 0 Å². The standard InChI is InChI=1S/C10H7N3O2/c11-4-7-6(3-9(14)15)1-2-8-10(7)13-5-12-8/h1-2,5H,3H2,(H,12,13)(H,14,15). The van der Waals surface area contributed by atoms with Crippen molar-refractivity contribution in [3.8, 4) is 6.07 Å². The molecule has 0 aliphatic rings. The number of carbonyl (C=O) groups is 1. The molecule has 74 valence electrons. The largest absolute Gasteiger partial charge is 0.481 e. The number of aliphatic carboxylic acids is 1. The third kappa shape index (κ3) is 1.53. The van der Waals surface area contributed by atoms with Crippen LogP contribution in [0.15, 0.2) is 18.5 Å². The van der Waals surface area contributed by atoms with Crippen LogP contribution >= 0.6 is 0 Å². The van der Waals surface area contributed by atoms with Gasteiger partial charge in [-0.15, -0.1) is 0 Å². The zero-order chi connectivity index (χ0) is 10.8. The highest BCUT2D eigenvalue weighted by molar-refractivity contribution is 5.84. The molecule has 0 aliphatic carbocycles. The average Bonchev–Trinajstić information content (AvgIpc) is 2.64. The molecular formula is C10H7N3O2. The fourth-order valence-corrected chi connectivity index (χ4v) is 1.48. The first-order chi connectivity index (χ1) is 7.22. The Hall–Kier alpha value is -2.35. The number of hydrogen-bond donors (Lipinski definition) is 2. The smallest absolute Gasteiger partial charge is 0.307 e. The highest BCUT2D eigenvalue weighted by Crippen LogP contribution is 2.19. The third-order valence-corrected chi connectivity index (χ3v) is 2.13. The van der Waals surface area contributed by atoms with Gasteiger partial charge in [0.1, 0.15) is 11.6 Å². The van der Waals surface area contributed by atoms with Gasteiger partial charge in [-0.1, -0.05) is 6.07 Å². The van der Waals surface area contributed by atoms with Crippen molar-refractivity contribution in [1.29, 1.82) is 5.26 Å². The Morgan fingerprint density at radius 1 is 1.60 bits per heavy atom. The number of nitrogens with zero attached hydrogens (tertiary/aromatic N) is 2. The summed E-state index contributed by atoms with van der Waals surface area (Å²) in [6, 6.07) is 5.34. The van der Waals surface area contributed by atoms with Crippen molar-refractivity contribution in [3.05, 3.63) is 29.6 Å². The summed E-state index contributed by atoms with van der Waals surface area (Å²) >= 11 is 0. The first kappa shape index (κ1) is 9.21. The number of imidazole rings is 1. The van der Waals surface area contributed by atoms with Gasteiger partial charge >= 0.3 is 5.97 Å². The predicted molar refractivity (Wildman–Crippen MR) is 52.1 cm³/mol. The predicted octanol–water partition coefficient (Wildman–Crippen LogP) is 1.06. The fraction of sp³-hybridized carbons (Fsp3) is 0.100. The lowest BCUT2D eigenvalue weighted by molar-refractivity contribution is -0.136. The average molecular weight is 201 g/mol. The van der Waals surface area contributed by atoms with E-state index in [1.54, 1.807) is 12.1 Å². The molecule has 15 heavy (non-hydrogen) atoms. The van der Waals surface area contributed by atoms with Crippen LogP contribution in [-0.2, 0) is 11.2 Å². The van der Waals surface area contributed by atoms with E-state index in [9.17, 15) is 4.79 Å². The number of nitriles is 1. The molecule has 0 amide bonds. The van der Waals surface area contributed by atoms with E-state index < -0.39 is 5.97 Å². The molecule has 5 heteroatoms. The molecular weight excluding hydrogens is 194 g/mol. The van der Waals surface area contributed by atoms with E-state index in [1.165, 1.54) is 6.33 Å². The number of hydrogen-bond acceptors (Lipinski definition) is 3. The fourth-order valence-electron chi connectivity index (χ4n) is 1.48. The molecule has 2 aromatic rings. The third-order valence-electron chi connectivity index (χ3n) is 2.13. The van der Waals surface area contributed by atoms with Crippen LogP contribution in [0.3, 0.4) is 0 Å². The van der Waals surface area contributed by atoms with Crippen molar-refractivity contribution in [2.45, 2.75) is 6.42 Å². The maximum Gasteiger partial charge on any atom is 0.307 e. The lowest BCUT2D eigenvalue weighted by Crippen LogP contribution is -2.02. The molecule has 0 saturated carbocycles. The van der Waals surface area contributed by atoms with Crippen LogP contribution in [0.2, 0.25) is 0 Å². The Labute approximate surface area is 85.0 Å². The van der Waals surface area contributed by atoms with Gasteiger partial charge in [0, 0.05) is 0 Å². The van der Waals surface area contributed by atoms with Crippen LogP contribution in [0, 0.1) is 11.3 Å². The number of aromatic nitrogens is 2. The van der Waals surface area contributed by atoms with Crippen molar-refractivity contribution < 1.29 is 9.90 Å². The second-order valence-corrected chi connectivity index (χ2v) is 3.08. The van der Waals surface area contributed by atoms with Crippen LogP contribution in [0.4, 0.5) is 0 Å². The van der Waals surface area contributed by atoms with Crippen LogP contribution in [0.25, 0.3) is 11.0 Å². The summed E-state index contributed by atoms with van der Waals surface area (Å²) in [4.78, 5) is 17.4. The molecule has 0 fully saturated rings. The Kier molecular flexibility index (Phi) is 2.10. The summed E-state index contributed by atoms with van der Waals surface area (Å²) in [7, 11) is 0. The molecule has 0 saturated heterocycles. The first-order valence-corrected chi connectivity index (χ1v) is 4.29. The second-order valence-electron chi connectivity index (χ2n) is 3.08. The molecule has 1 aromatic carbocycles. The van der Waals surface area contributed by atoms with Crippen LogP contribution in [0.1, 0.15) is 11.1 Å². The summed E-state index contributed by atoms with van der Waals surface area (Å²) in [5.74, 6) is -0.957. The second kappa shape index (κ2) is 3.42. The van der Waals surface area contributed by atoms with Gasteiger partial charge in [-0.25, -0.2) is 4.98 Å². The zero-order valence-electron chi connectivity index (χ0n) is 7.69. The molecule has 0 bridgehead atoms. The molecule has 0 unspecified atom stereocenters. The van der Waals surface area contributed by atoms with E-state index in [-0.39, 0.29) is 6.42 Å². The lowest BCUT2D eigenvalue weighted by Gasteiger charge is -2.00.